The first kappa shape index (κ1) is 19.0. The van der Waals surface area contributed by atoms with Gasteiger partial charge in [0.1, 0.15) is 0 Å². The second-order valence-corrected chi connectivity index (χ2v) is 7.75. The number of nitrogens with two attached hydrogens (primary N) is 1. The van der Waals surface area contributed by atoms with Gasteiger partial charge in [0.25, 0.3) is 0 Å². The molecule has 0 spiro atoms. The zero-order valence-electron chi connectivity index (χ0n) is 16.3. The lowest BCUT2D eigenvalue weighted by molar-refractivity contribution is -0.139. The molecule has 3 rings (SSSR count). The SMILES string of the molecule is CCOc1cc2c(cc1OCC)CN(C(=O)C1CCCCC1(C)N)CC2. The maximum absolute atomic E-state index is 13.1. The van der Waals surface area contributed by atoms with Crippen LogP contribution in [-0.2, 0) is 17.8 Å². The van der Waals surface area contributed by atoms with E-state index in [1.54, 1.807) is 0 Å². The third kappa shape index (κ3) is 3.83. The van der Waals surface area contributed by atoms with E-state index in [1.807, 2.05) is 31.7 Å². The van der Waals surface area contributed by atoms with Crippen molar-refractivity contribution < 1.29 is 14.3 Å². The van der Waals surface area contributed by atoms with Crippen molar-refractivity contribution in [2.45, 2.75) is 65.0 Å². The Bertz CT molecular complexity index is 657. The molecule has 0 radical (unpaired) electrons. The number of carbonyl (C=O) groups excluding carboxylic acids is 1. The molecule has 0 bridgehead atoms. The van der Waals surface area contributed by atoms with E-state index in [1.165, 1.54) is 5.56 Å². The van der Waals surface area contributed by atoms with Gasteiger partial charge in [0.05, 0.1) is 19.1 Å². The van der Waals surface area contributed by atoms with Crippen LogP contribution in [0.1, 0.15) is 57.6 Å². The summed E-state index contributed by atoms with van der Waals surface area (Å²) in [6.07, 6.45) is 4.90. The van der Waals surface area contributed by atoms with E-state index in [0.717, 1.165) is 55.7 Å². The maximum atomic E-state index is 13.1. The van der Waals surface area contributed by atoms with Crippen LogP contribution in [-0.4, -0.2) is 36.1 Å². The molecule has 1 aromatic carbocycles. The summed E-state index contributed by atoms with van der Waals surface area (Å²) < 4.78 is 11.5. The van der Waals surface area contributed by atoms with Crippen LogP contribution in [0.15, 0.2) is 12.1 Å². The first-order valence-electron chi connectivity index (χ1n) is 9.95. The first-order valence-corrected chi connectivity index (χ1v) is 9.95. The Morgan fingerprint density at radius 2 is 1.85 bits per heavy atom. The monoisotopic (exact) mass is 360 g/mol. The number of hydrogen-bond acceptors (Lipinski definition) is 4. The topological polar surface area (TPSA) is 64.8 Å². The Hall–Kier alpha value is -1.75. The van der Waals surface area contributed by atoms with Crippen LogP contribution < -0.4 is 15.2 Å². The van der Waals surface area contributed by atoms with Crippen molar-refractivity contribution in [2.75, 3.05) is 19.8 Å². The highest BCUT2D eigenvalue weighted by molar-refractivity contribution is 5.80. The number of ether oxygens (including phenoxy) is 2. The molecule has 1 fully saturated rings. The average molecular weight is 360 g/mol. The summed E-state index contributed by atoms with van der Waals surface area (Å²) in [5.41, 5.74) is 8.48. The summed E-state index contributed by atoms with van der Waals surface area (Å²) in [4.78, 5) is 15.1. The van der Waals surface area contributed by atoms with E-state index < -0.39 is 0 Å². The Kier molecular flexibility index (Phi) is 5.76. The lowest BCUT2D eigenvalue weighted by Crippen LogP contribution is -2.54. The average Bonchev–Trinajstić information content (AvgIpc) is 2.61. The molecule has 5 heteroatoms. The van der Waals surface area contributed by atoms with E-state index in [9.17, 15) is 4.79 Å². The summed E-state index contributed by atoms with van der Waals surface area (Å²) in [6.45, 7) is 8.56. The van der Waals surface area contributed by atoms with Crippen molar-refractivity contribution >= 4 is 5.91 Å². The molecular weight excluding hydrogens is 328 g/mol. The van der Waals surface area contributed by atoms with Crippen molar-refractivity contribution in [3.63, 3.8) is 0 Å². The molecule has 1 heterocycles. The Balaban J connectivity index is 1.80. The van der Waals surface area contributed by atoms with Gasteiger partial charge in [-0.05, 0) is 63.3 Å². The molecule has 2 aliphatic rings. The van der Waals surface area contributed by atoms with Gasteiger partial charge in [0, 0.05) is 18.6 Å². The van der Waals surface area contributed by atoms with Crippen molar-refractivity contribution in [2.24, 2.45) is 11.7 Å². The standard InChI is InChI=1S/C21H32N2O3/c1-4-25-18-12-15-9-11-23(14-16(15)13-19(18)26-5-2)20(24)17-8-6-7-10-21(17,3)22/h12-13,17H,4-11,14,22H2,1-3H3. The summed E-state index contributed by atoms with van der Waals surface area (Å²) in [5, 5.41) is 0. The number of hydrogen-bond donors (Lipinski definition) is 1. The van der Waals surface area contributed by atoms with Gasteiger partial charge in [-0.2, -0.15) is 0 Å². The molecule has 2 unspecified atom stereocenters. The largest absolute Gasteiger partial charge is 0.490 e. The van der Waals surface area contributed by atoms with Crippen LogP contribution in [0.4, 0.5) is 0 Å². The molecule has 5 nitrogen and oxygen atoms in total. The predicted octanol–water partition coefficient (Wildman–Crippen LogP) is 3.28. The Morgan fingerprint density at radius 3 is 2.46 bits per heavy atom. The van der Waals surface area contributed by atoms with Gasteiger partial charge in [-0.15, -0.1) is 0 Å². The third-order valence-electron chi connectivity index (χ3n) is 5.74. The minimum atomic E-state index is -0.384. The van der Waals surface area contributed by atoms with Crippen molar-refractivity contribution in [3.05, 3.63) is 23.3 Å². The zero-order chi connectivity index (χ0) is 18.7. The van der Waals surface area contributed by atoms with Gasteiger partial charge in [0.15, 0.2) is 11.5 Å². The van der Waals surface area contributed by atoms with Crippen molar-refractivity contribution in [1.29, 1.82) is 0 Å². The molecule has 144 valence electrons. The minimum Gasteiger partial charge on any atom is -0.490 e. The molecule has 0 aromatic heterocycles. The van der Waals surface area contributed by atoms with Crippen molar-refractivity contribution in [3.8, 4) is 11.5 Å². The summed E-state index contributed by atoms with van der Waals surface area (Å²) in [5.74, 6) is 1.72. The van der Waals surface area contributed by atoms with E-state index >= 15 is 0 Å². The van der Waals surface area contributed by atoms with Gasteiger partial charge in [-0.1, -0.05) is 12.8 Å². The second-order valence-electron chi connectivity index (χ2n) is 7.75. The number of amides is 1. The van der Waals surface area contributed by atoms with Crippen LogP contribution in [0.2, 0.25) is 0 Å². The number of benzene rings is 1. The van der Waals surface area contributed by atoms with E-state index in [2.05, 4.69) is 6.07 Å². The molecule has 2 atom stereocenters. The number of carbonyl (C=O) groups is 1. The first-order chi connectivity index (χ1) is 12.5. The quantitative estimate of drug-likeness (QED) is 0.875. The van der Waals surface area contributed by atoms with Crippen LogP contribution in [0.5, 0.6) is 11.5 Å². The molecule has 1 aliphatic heterocycles. The third-order valence-corrected chi connectivity index (χ3v) is 5.74. The zero-order valence-corrected chi connectivity index (χ0v) is 16.3. The molecule has 2 N–H and O–H groups in total. The Labute approximate surface area is 156 Å². The van der Waals surface area contributed by atoms with Gasteiger partial charge in [0.2, 0.25) is 5.91 Å². The summed E-state index contributed by atoms with van der Waals surface area (Å²) in [7, 11) is 0. The predicted molar refractivity (Wildman–Crippen MR) is 102 cm³/mol. The fourth-order valence-electron chi connectivity index (χ4n) is 4.27. The van der Waals surface area contributed by atoms with Crippen LogP contribution in [0, 0.1) is 5.92 Å². The molecule has 26 heavy (non-hydrogen) atoms. The lowest BCUT2D eigenvalue weighted by atomic mass is 9.73. The number of rotatable bonds is 5. The molecule has 1 aliphatic carbocycles. The maximum Gasteiger partial charge on any atom is 0.227 e. The highest BCUT2D eigenvalue weighted by Crippen LogP contribution is 2.36. The van der Waals surface area contributed by atoms with Crippen LogP contribution in [0.25, 0.3) is 0 Å². The van der Waals surface area contributed by atoms with Crippen LogP contribution in [0.3, 0.4) is 0 Å². The molecular formula is C21H32N2O3. The smallest absolute Gasteiger partial charge is 0.227 e. The van der Waals surface area contributed by atoms with E-state index in [-0.39, 0.29) is 17.4 Å². The highest BCUT2D eigenvalue weighted by atomic mass is 16.5. The number of fused-ring (bicyclic) bond motifs is 1. The highest BCUT2D eigenvalue weighted by Gasteiger charge is 2.40. The summed E-state index contributed by atoms with van der Waals surface area (Å²) >= 11 is 0. The second kappa shape index (κ2) is 7.87. The van der Waals surface area contributed by atoms with Crippen LogP contribution >= 0.6 is 0 Å². The minimum absolute atomic E-state index is 0.0631. The number of nitrogens with zero attached hydrogens (tertiary/aromatic N) is 1. The fraction of sp³-hybridized carbons (Fsp3) is 0.667. The summed E-state index contributed by atoms with van der Waals surface area (Å²) in [6, 6.07) is 4.13. The molecule has 1 saturated carbocycles. The molecule has 1 amide bonds. The van der Waals surface area contributed by atoms with Gasteiger partial charge >= 0.3 is 0 Å². The van der Waals surface area contributed by atoms with Gasteiger partial charge < -0.3 is 20.1 Å². The molecule has 1 aromatic rings. The lowest BCUT2D eigenvalue weighted by Gasteiger charge is -2.41. The van der Waals surface area contributed by atoms with E-state index in [0.29, 0.717) is 19.8 Å². The van der Waals surface area contributed by atoms with Gasteiger partial charge in [-0.25, -0.2) is 0 Å². The Morgan fingerprint density at radius 1 is 1.19 bits per heavy atom. The van der Waals surface area contributed by atoms with Crippen molar-refractivity contribution in [1.82, 2.24) is 4.90 Å². The molecule has 0 saturated heterocycles. The normalized spacial score (nSPS) is 25.5. The van der Waals surface area contributed by atoms with E-state index in [4.69, 9.17) is 15.2 Å². The fourth-order valence-corrected chi connectivity index (χ4v) is 4.27. The van der Waals surface area contributed by atoms with Gasteiger partial charge in [-0.3, -0.25) is 4.79 Å².